The second kappa shape index (κ2) is 6.92. The molecule has 2 aliphatic rings. The number of piperazine rings is 1. The molecule has 0 aromatic heterocycles. The van der Waals surface area contributed by atoms with Gasteiger partial charge in [0, 0.05) is 45.3 Å². The Hall–Kier alpha value is -0.900. The number of nitrogens with zero attached hydrogens (tertiary/aromatic N) is 3. The molecule has 23 heavy (non-hydrogen) atoms. The van der Waals surface area contributed by atoms with Crippen LogP contribution in [0.2, 0.25) is 0 Å². The quantitative estimate of drug-likeness (QED) is 0.769. The molecule has 0 radical (unpaired) electrons. The fourth-order valence-electron chi connectivity index (χ4n) is 2.70. The number of carbonyl (C=O) groups excluding carboxylic acids is 1. The number of rotatable bonds is 2. The third kappa shape index (κ3) is 4.79. The van der Waals surface area contributed by atoms with Crippen LogP contribution in [0.5, 0.6) is 0 Å². The molecule has 2 fully saturated rings. The van der Waals surface area contributed by atoms with Crippen molar-refractivity contribution in [3.8, 4) is 0 Å². The molecular formula is C14H28N4O4S. The minimum Gasteiger partial charge on any atom is -0.444 e. The van der Waals surface area contributed by atoms with E-state index in [4.69, 9.17) is 10.5 Å². The summed E-state index contributed by atoms with van der Waals surface area (Å²) in [6.07, 6.45) is 0.993. The van der Waals surface area contributed by atoms with Gasteiger partial charge in [0.15, 0.2) is 0 Å². The van der Waals surface area contributed by atoms with E-state index in [0.717, 1.165) is 0 Å². The summed E-state index contributed by atoms with van der Waals surface area (Å²) >= 11 is 0. The fraction of sp³-hybridized carbons (Fsp3) is 0.929. The van der Waals surface area contributed by atoms with Gasteiger partial charge in [-0.25, -0.2) is 4.79 Å². The molecule has 0 aromatic rings. The van der Waals surface area contributed by atoms with E-state index in [1.807, 2.05) is 20.8 Å². The maximum Gasteiger partial charge on any atom is 0.410 e. The highest BCUT2D eigenvalue weighted by molar-refractivity contribution is 7.86. The van der Waals surface area contributed by atoms with Gasteiger partial charge in [-0.3, -0.25) is 0 Å². The SMILES string of the molecule is CC(C)(C)OC(=O)N1CCN(S(=O)(=O)N2CCC(N)CC2)CC1. The lowest BCUT2D eigenvalue weighted by Gasteiger charge is -2.38. The molecule has 0 unspecified atom stereocenters. The van der Waals surface area contributed by atoms with Gasteiger partial charge in [0.25, 0.3) is 10.2 Å². The summed E-state index contributed by atoms with van der Waals surface area (Å²) in [5.74, 6) is 0. The van der Waals surface area contributed by atoms with Crippen LogP contribution in [0, 0.1) is 0 Å². The smallest absolute Gasteiger partial charge is 0.410 e. The largest absolute Gasteiger partial charge is 0.444 e. The first kappa shape index (κ1) is 18.4. The highest BCUT2D eigenvalue weighted by Crippen LogP contribution is 2.18. The lowest BCUT2D eigenvalue weighted by Crippen LogP contribution is -2.56. The summed E-state index contributed by atoms with van der Waals surface area (Å²) in [6.45, 7) is 7.66. The summed E-state index contributed by atoms with van der Waals surface area (Å²) in [4.78, 5) is 13.6. The summed E-state index contributed by atoms with van der Waals surface area (Å²) in [5, 5.41) is 0. The first-order valence-electron chi connectivity index (χ1n) is 8.08. The normalized spacial score (nSPS) is 23.0. The van der Waals surface area contributed by atoms with E-state index in [0.29, 0.717) is 52.1 Å². The molecule has 9 heteroatoms. The molecule has 2 aliphatic heterocycles. The molecule has 1 amide bonds. The van der Waals surface area contributed by atoms with Gasteiger partial charge in [-0.05, 0) is 33.6 Å². The number of piperidine rings is 1. The third-order valence-corrected chi connectivity index (χ3v) is 6.08. The molecule has 0 saturated carbocycles. The van der Waals surface area contributed by atoms with Crippen LogP contribution < -0.4 is 5.73 Å². The van der Waals surface area contributed by atoms with Gasteiger partial charge in [-0.1, -0.05) is 0 Å². The number of amides is 1. The van der Waals surface area contributed by atoms with Crippen LogP contribution in [0.3, 0.4) is 0 Å². The number of carbonyl (C=O) groups is 1. The van der Waals surface area contributed by atoms with Gasteiger partial charge in [-0.2, -0.15) is 17.0 Å². The minimum absolute atomic E-state index is 0.0884. The molecular weight excluding hydrogens is 320 g/mol. The van der Waals surface area contributed by atoms with E-state index in [1.54, 1.807) is 4.90 Å². The van der Waals surface area contributed by atoms with E-state index in [9.17, 15) is 13.2 Å². The number of nitrogens with two attached hydrogens (primary N) is 1. The molecule has 0 spiro atoms. The van der Waals surface area contributed by atoms with E-state index >= 15 is 0 Å². The first-order valence-corrected chi connectivity index (χ1v) is 9.48. The van der Waals surface area contributed by atoms with Gasteiger partial charge >= 0.3 is 6.09 Å². The van der Waals surface area contributed by atoms with E-state index < -0.39 is 21.9 Å². The van der Waals surface area contributed by atoms with Crippen LogP contribution in [-0.4, -0.2) is 78.9 Å². The maximum atomic E-state index is 12.6. The van der Waals surface area contributed by atoms with Crippen LogP contribution in [0.15, 0.2) is 0 Å². The molecule has 2 N–H and O–H groups in total. The minimum atomic E-state index is -3.46. The topological polar surface area (TPSA) is 96.2 Å². The van der Waals surface area contributed by atoms with E-state index in [1.165, 1.54) is 8.61 Å². The molecule has 2 rings (SSSR count). The predicted octanol–water partition coefficient (Wildman–Crippen LogP) is 0.207. The summed E-state index contributed by atoms with van der Waals surface area (Å²) in [6, 6.07) is 0.0884. The van der Waals surface area contributed by atoms with Crippen LogP contribution in [0.1, 0.15) is 33.6 Å². The second-order valence-electron chi connectivity index (χ2n) is 7.11. The molecule has 0 atom stereocenters. The lowest BCUT2D eigenvalue weighted by molar-refractivity contribution is 0.0189. The standard InChI is InChI=1S/C14H28N4O4S/c1-14(2,3)22-13(19)16-8-10-18(11-9-16)23(20,21)17-6-4-12(15)5-7-17/h12H,4-11,15H2,1-3H3. The zero-order valence-corrected chi connectivity index (χ0v) is 15.0. The van der Waals surface area contributed by atoms with Gasteiger partial charge in [-0.15, -0.1) is 0 Å². The molecule has 2 heterocycles. The summed E-state index contributed by atoms with van der Waals surface area (Å²) in [5.41, 5.74) is 5.28. The highest BCUT2D eigenvalue weighted by atomic mass is 32.2. The zero-order valence-electron chi connectivity index (χ0n) is 14.2. The van der Waals surface area contributed by atoms with Crippen molar-refractivity contribution in [1.29, 1.82) is 0 Å². The summed E-state index contributed by atoms with van der Waals surface area (Å²) in [7, 11) is -3.46. The second-order valence-corrected chi connectivity index (χ2v) is 9.04. The molecule has 2 saturated heterocycles. The van der Waals surface area contributed by atoms with Crippen LogP contribution in [0.4, 0.5) is 4.79 Å². The molecule has 134 valence electrons. The van der Waals surface area contributed by atoms with Crippen molar-refractivity contribution in [1.82, 2.24) is 13.5 Å². The fourth-order valence-corrected chi connectivity index (χ4v) is 4.32. The lowest BCUT2D eigenvalue weighted by atomic mass is 10.1. The Kier molecular flexibility index (Phi) is 5.55. The van der Waals surface area contributed by atoms with Gasteiger partial charge < -0.3 is 15.4 Å². The van der Waals surface area contributed by atoms with Gasteiger partial charge in [0.05, 0.1) is 0 Å². The maximum absolute atomic E-state index is 12.6. The van der Waals surface area contributed by atoms with Crippen molar-refractivity contribution in [2.75, 3.05) is 39.3 Å². The van der Waals surface area contributed by atoms with E-state index in [-0.39, 0.29) is 6.04 Å². The average molecular weight is 348 g/mol. The van der Waals surface area contributed by atoms with Crippen LogP contribution >= 0.6 is 0 Å². The summed E-state index contributed by atoms with van der Waals surface area (Å²) < 4.78 is 33.5. The molecule has 0 aromatic carbocycles. The Morgan fingerprint density at radius 3 is 1.96 bits per heavy atom. The van der Waals surface area contributed by atoms with Gasteiger partial charge in [0.2, 0.25) is 0 Å². The third-order valence-electron chi connectivity index (χ3n) is 4.04. The van der Waals surface area contributed by atoms with Crippen LogP contribution in [-0.2, 0) is 14.9 Å². The average Bonchev–Trinajstić information content (AvgIpc) is 2.46. The Morgan fingerprint density at radius 1 is 1.00 bits per heavy atom. The van der Waals surface area contributed by atoms with Crippen LogP contribution in [0.25, 0.3) is 0 Å². The van der Waals surface area contributed by atoms with Crippen molar-refractivity contribution >= 4 is 16.3 Å². The molecule has 0 bridgehead atoms. The van der Waals surface area contributed by atoms with Crippen molar-refractivity contribution in [3.63, 3.8) is 0 Å². The van der Waals surface area contributed by atoms with E-state index in [2.05, 4.69) is 0 Å². The zero-order chi connectivity index (χ0) is 17.3. The Balaban J connectivity index is 1.89. The number of ether oxygens (including phenoxy) is 1. The Bertz CT molecular complexity index is 515. The number of hydrogen-bond donors (Lipinski definition) is 1. The Labute approximate surface area is 138 Å². The van der Waals surface area contributed by atoms with Crippen molar-refractivity contribution < 1.29 is 17.9 Å². The number of hydrogen-bond acceptors (Lipinski definition) is 5. The monoisotopic (exact) mass is 348 g/mol. The first-order chi connectivity index (χ1) is 10.6. The van der Waals surface area contributed by atoms with Crippen molar-refractivity contribution in [2.45, 2.75) is 45.3 Å². The predicted molar refractivity (Wildman–Crippen MR) is 87.1 cm³/mol. The van der Waals surface area contributed by atoms with Crippen molar-refractivity contribution in [2.24, 2.45) is 5.73 Å². The molecule has 0 aliphatic carbocycles. The molecule has 8 nitrogen and oxygen atoms in total. The van der Waals surface area contributed by atoms with Crippen molar-refractivity contribution in [3.05, 3.63) is 0 Å². The highest BCUT2D eigenvalue weighted by Gasteiger charge is 2.35. The van der Waals surface area contributed by atoms with Gasteiger partial charge in [0.1, 0.15) is 5.60 Å². The Morgan fingerprint density at radius 2 is 1.48 bits per heavy atom.